The van der Waals surface area contributed by atoms with E-state index in [1.54, 1.807) is 63.8 Å². The minimum atomic E-state index is -0.591. The summed E-state index contributed by atoms with van der Waals surface area (Å²) in [6.45, 7) is 16.4. The number of ether oxygens (including phenoxy) is 4. The van der Waals surface area contributed by atoms with Gasteiger partial charge in [-0.05, 0) is 96.1 Å². The maximum Gasteiger partial charge on any atom is 0.410 e. The molecule has 0 aliphatic heterocycles. The van der Waals surface area contributed by atoms with Crippen LogP contribution in [0.5, 0.6) is 11.5 Å². The Bertz CT molecular complexity index is 3710. The smallest absolute Gasteiger partial charge is 0.410 e. The van der Waals surface area contributed by atoms with Crippen LogP contribution in [0.1, 0.15) is 43.0 Å². The summed E-state index contributed by atoms with van der Waals surface area (Å²) >= 11 is 8.25. The number of likely N-dealkylation sites (N-methyl/N-ethyl adjacent to an activating group) is 4. The standard InChI is InChI=1S/C31H38N8O4.C28H37N8O3.S3.H2/c1-9-28(40)33-23-18-24(27(42-8)19-26(23)36(5)16-17-37(6)30(41)43-31(2,3)4)35-29-32-14-13-22(34-29)21-20-38(7)39-15-11-10-12-25(21)39;1-28(2,3)39-27(37)34(5)15-14-33(4)24-17-25(38-7)22(16-20(24)29)32-26-30-12-11-21(31-26)19-18-35(6)36-13-9-8-10-23(19)36;1-3-2;/h9-15,18-20H,1,16-17H2,2-8H3,(H-,32,33,34,35,40);8-13,16-18H,14-15,29H2,1-7H3,(H,30,31,32);;1H/q;+1;;/p+1/i;;;1+2. The van der Waals surface area contributed by atoms with E-state index in [2.05, 4.69) is 65.5 Å². The van der Waals surface area contributed by atoms with E-state index < -0.39 is 17.3 Å². The van der Waals surface area contributed by atoms with Gasteiger partial charge in [-0.3, -0.25) is 4.79 Å². The lowest BCUT2D eigenvalue weighted by molar-refractivity contribution is -0.737. The Morgan fingerprint density at radius 2 is 1.09 bits per heavy atom. The van der Waals surface area contributed by atoms with E-state index in [1.165, 1.54) is 11.0 Å². The fourth-order valence-corrected chi connectivity index (χ4v) is 8.57. The van der Waals surface area contributed by atoms with E-state index in [-0.39, 0.29) is 13.4 Å². The average molecular weight is 1220 g/mol. The van der Waals surface area contributed by atoms with Crippen LogP contribution in [-0.2, 0) is 59.6 Å². The third kappa shape index (κ3) is 17.5. The average Bonchev–Trinajstić information content (AvgIpc) is 3.06. The number of nitrogens with one attached hydrogen (secondary N) is 3. The number of fused-ring (bicyclic) bond motifs is 2. The Hall–Kier alpha value is -9.01. The summed E-state index contributed by atoms with van der Waals surface area (Å²) in [6, 6.07) is 23.0. The van der Waals surface area contributed by atoms with Gasteiger partial charge in [0, 0.05) is 112 Å². The molecule has 452 valence electrons. The van der Waals surface area contributed by atoms with E-state index in [4.69, 9.17) is 34.6 Å². The summed E-state index contributed by atoms with van der Waals surface area (Å²) in [4.78, 5) is 62.4. The number of amides is 3. The van der Waals surface area contributed by atoms with Crippen molar-refractivity contribution in [3.8, 4) is 34.0 Å². The Morgan fingerprint density at radius 3 is 1.52 bits per heavy atom. The van der Waals surface area contributed by atoms with E-state index in [1.807, 2.05) is 167 Å². The number of carbonyl (C=O) groups excluding carboxylic acids is 3. The quantitative estimate of drug-likeness (QED) is 0.0358. The zero-order valence-electron chi connectivity index (χ0n) is 50.5. The van der Waals surface area contributed by atoms with Gasteiger partial charge in [-0.15, -0.1) is 18.4 Å². The molecular formula is C59H78N16O7S3+2. The van der Waals surface area contributed by atoms with Crippen LogP contribution in [0.3, 0.4) is 0 Å². The molecule has 85 heavy (non-hydrogen) atoms. The van der Waals surface area contributed by atoms with Gasteiger partial charge in [-0.25, -0.2) is 29.5 Å². The van der Waals surface area contributed by atoms with Crippen LogP contribution in [0.2, 0.25) is 0 Å². The van der Waals surface area contributed by atoms with Crippen molar-refractivity contribution in [3.05, 3.63) is 123 Å². The first-order valence-electron chi connectivity index (χ1n) is 26.8. The number of methoxy groups -OCH3 is 2. The highest BCUT2D eigenvalue weighted by Crippen LogP contribution is 2.39. The first-order valence-corrected chi connectivity index (χ1v) is 29.4. The van der Waals surface area contributed by atoms with Crippen molar-refractivity contribution in [1.82, 2.24) is 38.8 Å². The molecule has 8 aromatic rings. The van der Waals surface area contributed by atoms with Crippen molar-refractivity contribution in [2.24, 2.45) is 14.1 Å². The largest absolute Gasteiger partial charge is 0.494 e. The molecule has 26 heteroatoms. The van der Waals surface area contributed by atoms with Crippen LogP contribution in [-0.4, -0.2) is 137 Å². The summed E-state index contributed by atoms with van der Waals surface area (Å²) in [5, 5.41) is 9.38. The molecule has 2 aromatic carbocycles. The third-order valence-electron chi connectivity index (χ3n) is 12.8. The van der Waals surface area contributed by atoms with Gasteiger partial charge in [0.25, 0.3) is 0 Å². The molecule has 0 aliphatic rings. The second-order valence-corrected chi connectivity index (χ2v) is 23.2. The fourth-order valence-electron chi connectivity index (χ4n) is 8.57. The Morgan fingerprint density at radius 1 is 0.671 bits per heavy atom. The molecule has 0 unspecified atom stereocenters. The van der Waals surface area contributed by atoms with Gasteiger partial charge in [-0.2, -0.15) is 0 Å². The molecule has 0 aliphatic carbocycles. The van der Waals surface area contributed by atoms with E-state index in [9.17, 15) is 14.4 Å². The minimum Gasteiger partial charge on any atom is -0.494 e. The lowest BCUT2D eigenvalue weighted by Gasteiger charge is -2.28. The summed E-state index contributed by atoms with van der Waals surface area (Å²) in [7, 11) is 15.2. The first kappa shape index (κ1) is 65.1. The van der Waals surface area contributed by atoms with Gasteiger partial charge in [0.05, 0.1) is 83.3 Å². The number of aryl methyl sites for hydroxylation is 2. The van der Waals surface area contributed by atoms with E-state index >= 15 is 0 Å². The zero-order chi connectivity index (χ0) is 62.3. The molecule has 8 rings (SSSR count). The number of hydrogen-bond acceptors (Lipinski definition) is 18. The number of nitrogens with zero attached hydrogens (tertiary/aromatic N) is 12. The number of aromatic nitrogens is 8. The molecule has 0 radical (unpaired) electrons. The molecule has 0 atom stereocenters. The maximum absolute atomic E-state index is 12.4. The first-order chi connectivity index (χ1) is 40.3. The van der Waals surface area contributed by atoms with Crippen molar-refractivity contribution in [1.29, 1.82) is 0 Å². The monoisotopic (exact) mass is 1220 g/mol. The Kier molecular flexibility index (Phi) is 22.2. The predicted molar refractivity (Wildman–Crippen MR) is 343 cm³/mol. The second kappa shape index (κ2) is 29.0. The van der Waals surface area contributed by atoms with Crippen LogP contribution < -0.4 is 50.3 Å². The third-order valence-corrected chi connectivity index (χ3v) is 12.8. The number of anilines is 8. The van der Waals surface area contributed by atoms with Crippen molar-refractivity contribution >= 4 is 106 Å². The highest BCUT2D eigenvalue weighted by atomic mass is 33.1. The minimum absolute atomic E-state index is 0. The van der Waals surface area contributed by atoms with Crippen molar-refractivity contribution < 1.29 is 44.1 Å². The molecule has 23 nitrogen and oxygen atoms in total. The zero-order valence-corrected chi connectivity index (χ0v) is 53.0. The number of pyridine rings is 2. The highest BCUT2D eigenvalue weighted by molar-refractivity contribution is 8.37. The normalized spacial score (nSPS) is 11.0. The number of rotatable bonds is 18. The lowest BCUT2D eigenvalue weighted by atomic mass is 10.2. The van der Waals surface area contributed by atoms with Crippen molar-refractivity contribution in [2.75, 3.05) is 100 Å². The molecule has 3 amide bonds. The molecule has 0 saturated heterocycles. The summed E-state index contributed by atoms with van der Waals surface area (Å²) in [5.41, 5.74) is 14.5. The van der Waals surface area contributed by atoms with Gasteiger partial charge < -0.3 is 60.2 Å². The highest BCUT2D eigenvalue weighted by Gasteiger charge is 2.24. The van der Waals surface area contributed by atoms with Crippen LogP contribution in [0.25, 0.3) is 33.5 Å². The number of benzene rings is 2. The Labute approximate surface area is 510 Å². The van der Waals surface area contributed by atoms with Crippen LogP contribution in [0, 0.1) is 0 Å². The molecule has 0 spiro atoms. The summed E-state index contributed by atoms with van der Waals surface area (Å²) in [5.74, 6) is 1.50. The maximum atomic E-state index is 12.4. The number of nitrogen functional groups attached to an aromatic ring is 1. The SMILES string of the molecule is C=CC(=O)Nc1cc(Nc2nccc(-c3c[n+](C)n4ccccc34)n2)c(OC)cc1N(C)CCN(C)C(=O)OC(C)(C)C.COc1cc(N(C)CCN(C)C(=O)OC(C)(C)C)c(N)cc1Nc1nccc(-c2c[n+](C)n3ccccc23)n1.S=S=S.[3HH]. The van der Waals surface area contributed by atoms with Crippen LogP contribution >= 0.6 is 0 Å². The van der Waals surface area contributed by atoms with Gasteiger partial charge in [0.1, 0.15) is 33.7 Å². The molecule has 0 saturated carbocycles. The van der Waals surface area contributed by atoms with Gasteiger partial charge in [-0.1, -0.05) is 18.7 Å². The second-order valence-electron chi connectivity index (χ2n) is 21.5. The van der Waals surface area contributed by atoms with Gasteiger partial charge in [0.15, 0.2) is 14.1 Å². The van der Waals surface area contributed by atoms with Gasteiger partial charge in [0.2, 0.25) is 30.2 Å². The van der Waals surface area contributed by atoms with Crippen LogP contribution in [0.15, 0.2) is 123 Å². The molecular weight excluding hydrogens is 1140 g/mol. The predicted octanol–water partition coefficient (Wildman–Crippen LogP) is 8.50. The molecule has 6 heterocycles. The number of carbonyl (C=O) groups is 3. The van der Waals surface area contributed by atoms with Crippen molar-refractivity contribution in [2.45, 2.75) is 52.7 Å². The van der Waals surface area contributed by atoms with E-state index in [0.29, 0.717) is 78.0 Å². The molecule has 0 bridgehead atoms. The summed E-state index contributed by atoms with van der Waals surface area (Å²) in [6.07, 6.45) is 11.8. The van der Waals surface area contributed by atoms with Gasteiger partial charge >= 0.3 is 12.2 Å². The van der Waals surface area contributed by atoms with E-state index in [0.717, 1.165) is 48.1 Å². The molecule has 6 aromatic heterocycles. The number of nitrogens with two attached hydrogens (primary N) is 1. The Balaban J connectivity index is 0.000000298. The van der Waals surface area contributed by atoms with Crippen molar-refractivity contribution in [3.63, 3.8) is 0 Å². The van der Waals surface area contributed by atoms with Crippen LogP contribution in [0.4, 0.5) is 55.6 Å². The molecule has 5 N–H and O–H groups in total. The lowest BCUT2D eigenvalue weighted by Crippen LogP contribution is -2.38. The number of hydrogen-bond donors (Lipinski definition) is 4. The molecule has 0 fully saturated rings. The fraction of sp³-hybridized carbons (Fsp3) is 0.339. The summed E-state index contributed by atoms with van der Waals surface area (Å²) < 4.78 is 30.3. The topological polar surface area (TPSA) is 231 Å².